The van der Waals surface area contributed by atoms with Crippen molar-refractivity contribution < 1.29 is 15.0 Å². The average Bonchev–Trinajstić information content (AvgIpc) is 2.17. The molecule has 0 aliphatic heterocycles. The summed E-state index contributed by atoms with van der Waals surface area (Å²) < 4.78 is 0. The lowest BCUT2D eigenvalue weighted by Crippen LogP contribution is -2.17. The van der Waals surface area contributed by atoms with Crippen molar-refractivity contribution in [2.45, 2.75) is 13.0 Å². The van der Waals surface area contributed by atoms with E-state index in [4.69, 9.17) is 16.7 Å². The van der Waals surface area contributed by atoms with Gasteiger partial charge in [0.25, 0.3) is 0 Å². The van der Waals surface area contributed by atoms with Gasteiger partial charge in [0.05, 0.1) is 6.42 Å². The van der Waals surface area contributed by atoms with Crippen molar-refractivity contribution in [3.05, 3.63) is 28.8 Å². The van der Waals surface area contributed by atoms with E-state index in [1.54, 1.807) is 12.1 Å². The quantitative estimate of drug-likeness (QED) is 0.671. The SMILES string of the molecule is O=C(O)CCNCc1cc(Cl)ccc1O. The van der Waals surface area contributed by atoms with Crippen molar-refractivity contribution in [3.63, 3.8) is 0 Å². The van der Waals surface area contributed by atoms with Gasteiger partial charge in [-0.15, -0.1) is 0 Å². The third kappa shape index (κ3) is 4.18. The molecule has 0 saturated carbocycles. The molecule has 1 rings (SSSR count). The normalized spacial score (nSPS) is 10.2. The van der Waals surface area contributed by atoms with Crippen LogP contribution in [0, 0.1) is 0 Å². The minimum Gasteiger partial charge on any atom is -0.508 e. The predicted molar refractivity (Wildman–Crippen MR) is 57.1 cm³/mol. The van der Waals surface area contributed by atoms with E-state index >= 15 is 0 Å². The summed E-state index contributed by atoms with van der Waals surface area (Å²) in [6.07, 6.45) is 0.0569. The fourth-order valence-corrected chi connectivity index (χ4v) is 1.31. The number of aliphatic carboxylic acids is 1. The van der Waals surface area contributed by atoms with Gasteiger partial charge in [-0.1, -0.05) is 11.6 Å². The topological polar surface area (TPSA) is 69.6 Å². The molecule has 4 nitrogen and oxygen atoms in total. The van der Waals surface area contributed by atoms with Crippen molar-refractivity contribution in [1.29, 1.82) is 0 Å². The molecule has 0 spiro atoms. The number of nitrogens with one attached hydrogen (secondary N) is 1. The van der Waals surface area contributed by atoms with E-state index in [9.17, 15) is 9.90 Å². The van der Waals surface area contributed by atoms with Crippen LogP contribution < -0.4 is 5.32 Å². The fourth-order valence-electron chi connectivity index (χ4n) is 1.11. The molecule has 0 aliphatic rings. The maximum absolute atomic E-state index is 10.2. The molecule has 1 aromatic carbocycles. The first-order valence-corrected chi connectivity index (χ1v) is 4.87. The number of carbonyl (C=O) groups is 1. The molecule has 0 aliphatic carbocycles. The summed E-state index contributed by atoms with van der Waals surface area (Å²) in [5.41, 5.74) is 0.660. The van der Waals surface area contributed by atoms with E-state index in [-0.39, 0.29) is 12.2 Å². The van der Waals surface area contributed by atoms with Gasteiger partial charge in [-0.25, -0.2) is 0 Å². The van der Waals surface area contributed by atoms with Crippen molar-refractivity contribution in [2.24, 2.45) is 0 Å². The third-order valence-electron chi connectivity index (χ3n) is 1.87. The number of carboxylic acid groups (broad SMARTS) is 1. The summed E-state index contributed by atoms with van der Waals surface area (Å²) in [6, 6.07) is 4.75. The Morgan fingerprint density at radius 3 is 2.87 bits per heavy atom. The number of hydrogen-bond acceptors (Lipinski definition) is 3. The van der Waals surface area contributed by atoms with E-state index < -0.39 is 5.97 Å². The molecule has 0 heterocycles. The maximum atomic E-state index is 10.2. The summed E-state index contributed by atoms with van der Waals surface area (Å²) in [5, 5.41) is 21.3. The lowest BCUT2D eigenvalue weighted by Gasteiger charge is -2.06. The molecular weight excluding hydrogens is 218 g/mol. The Bertz CT molecular complexity index is 355. The van der Waals surface area contributed by atoms with Gasteiger partial charge < -0.3 is 15.5 Å². The first-order valence-electron chi connectivity index (χ1n) is 4.49. The number of phenols is 1. The molecule has 0 radical (unpaired) electrons. The van der Waals surface area contributed by atoms with Gasteiger partial charge >= 0.3 is 5.97 Å². The van der Waals surface area contributed by atoms with E-state index in [0.717, 1.165) is 0 Å². The van der Waals surface area contributed by atoms with Crippen molar-refractivity contribution in [2.75, 3.05) is 6.54 Å². The van der Waals surface area contributed by atoms with Crippen LogP contribution in [-0.4, -0.2) is 22.7 Å². The van der Waals surface area contributed by atoms with E-state index in [2.05, 4.69) is 5.32 Å². The second-order valence-corrected chi connectivity index (χ2v) is 3.53. The lowest BCUT2D eigenvalue weighted by atomic mass is 10.2. The molecule has 1 aromatic rings. The maximum Gasteiger partial charge on any atom is 0.304 e. The summed E-state index contributed by atoms with van der Waals surface area (Å²) in [6.45, 7) is 0.765. The Labute approximate surface area is 92.5 Å². The van der Waals surface area contributed by atoms with Crippen LogP contribution >= 0.6 is 11.6 Å². The second-order valence-electron chi connectivity index (χ2n) is 3.09. The predicted octanol–water partition coefficient (Wildman–Crippen LogP) is 1.61. The number of carboxylic acids is 1. The van der Waals surface area contributed by atoms with E-state index in [1.807, 2.05) is 0 Å². The van der Waals surface area contributed by atoms with Crippen LogP contribution in [0.1, 0.15) is 12.0 Å². The largest absolute Gasteiger partial charge is 0.508 e. The van der Waals surface area contributed by atoms with Crippen LogP contribution in [0.5, 0.6) is 5.75 Å². The number of benzene rings is 1. The highest BCUT2D eigenvalue weighted by Gasteiger charge is 2.02. The molecule has 0 amide bonds. The monoisotopic (exact) mass is 229 g/mol. The van der Waals surface area contributed by atoms with Gasteiger partial charge in [0.15, 0.2) is 0 Å². The van der Waals surface area contributed by atoms with Gasteiger partial charge in [-0.2, -0.15) is 0 Å². The first-order chi connectivity index (χ1) is 7.09. The summed E-state index contributed by atoms with van der Waals surface area (Å²) in [4.78, 5) is 10.2. The third-order valence-corrected chi connectivity index (χ3v) is 2.11. The van der Waals surface area contributed by atoms with Crippen LogP contribution in [-0.2, 0) is 11.3 Å². The number of aromatic hydroxyl groups is 1. The zero-order valence-corrected chi connectivity index (χ0v) is 8.79. The van der Waals surface area contributed by atoms with Gasteiger partial charge in [0.1, 0.15) is 5.75 Å². The number of halogens is 1. The zero-order valence-electron chi connectivity index (χ0n) is 8.03. The van der Waals surface area contributed by atoms with E-state index in [0.29, 0.717) is 23.7 Å². The Kier molecular flexibility index (Phi) is 4.39. The highest BCUT2D eigenvalue weighted by atomic mass is 35.5. The Morgan fingerprint density at radius 2 is 2.20 bits per heavy atom. The van der Waals surface area contributed by atoms with Crippen LogP contribution in [0.4, 0.5) is 0 Å². The second kappa shape index (κ2) is 5.58. The summed E-state index contributed by atoms with van der Waals surface area (Å²) >= 11 is 5.75. The van der Waals surface area contributed by atoms with Crippen LogP contribution in [0.25, 0.3) is 0 Å². The number of phenolic OH excluding ortho intramolecular Hbond substituents is 1. The smallest absolute Gasteiger partial charge is 0.304 e. The van der Waals surface area contributed by atoms with Crippen LogP contribution in [0.2, 0.25) is 5.02 Å². The minimum atomic E-state index is -0.849. The molecule has 0 aromatic heterocycles. The first kappa shape index (κ1) is 11.8. The number of hydrogen-bond donors (Lipinski definition) is 3. The highest BCUT2D eigenvalue weighted by molar-refractivity contribution is 6.30. The summed E-state index contributed by atoms with van der Waals surface area (Å²) in [5.74, 6) is -0.694. The Balaban J connectivity index is 2.43. The molecule has 0 saturated heterocycles. The Morgan fingerprint density at radius 1 is 1.47 bits per heavy atom. The van der Waals surface area contributed by atoms with Gasteiger partial charge in [-0.05, 0) is 18.2 Å². The van der Waals surface area contributed by atoms with Crippen molar-refractivity contribution in [1.82, 2.24) is 5.32 Å². The molecule has 15 heavy (non-hydrogen) atoms. The molecule has 3 N–H and O–H groups in total. The molecule has 0 unspecified atom stereocenters. The Hall–Kier alpha value is -1.26. The fraction of sp³-hybridized carbons (Fsp3) is 0.300. The molecule has 0 fully saturated rings. The van der Waals surface area contributed by atoms with Crippen molar-refractivity contribution >= 4 is 17.6 Å². The van der Waals surface area contributed by atoms with Gasteiger partial charge in [0.2, 0.25) is 0 Å². The highest BCUT2D eigenvalue weighted by Crippen LogP contribution is 2.20. The van der Waals surface area contributed by atoms with Crippen LogP contribution in [0.15, 0.2) is 18.2 Å². The van der Waals surface area contributed by atoms with E-state index in [1.165, 1.54) is 6.07 Å². The van der Waals surface area contributed by atoms with Crippen LogP contribution in [0.3, 0.4) is 0 Å². The standard InChI is InChI=1S/C10H12ClNO3/c11-8-1-2-9(13)7(5-8)6-12-4-3-10(14)15/h1-2,5,12-13H,3-4,6H2,(H,14,15). The average molecular weight is 230 g/mol. The van der Waals surface area contributed by atoms with Gasteiger partial charge in [-0.3, -0.25) is 4.79 Å². The molecular formula is C10H12ClNO3. The molecule has 5 heteroatoms. The molecule has 0 bridgehead atoms. The van der Waals surface area contributed by atoms with Gasteiger partial charge in [0, 0.05) is 23.7 Å². The number of rotatable bonds is 5. The molecule has 0 atom stereocenters. The molecule has 82 valence electrons. The minimum absolute atomic E-state index is 0.0569. The zero-order chi connectivity index (χ0) is 11.3. The lowest BCUT2D eigenvalue weighted by molar-refractivity contribution is -0.136. The van der Waals surface area contributed by atoms with Crippen molar-refractivity contribution in [3.8, 4) is 5.75 Å². The summed E-state index contributed by atoms with van der Waals surface area (Å²) in [7, 11) is 0.